The van der Waals surface area contributed by atoms with Crippen molar-refractivity contribution in [3.8, 4) is 0 Å². The van der Waals surface area contributed by atoms with Gasteiger partial charge in [-0.2, -0.15) is 0 Å². The average Bonchev–Trinajstić information content (AvgIpc) is 2.17. The van der Waals surface area contributed by atoms with Crippen LogP contribution in [0.25, 0.3) is 0 Å². The Hall–Kier alpha value is -1.06. The second-order valence-electron chi connectivity index (χ2n) is 3.46. The molecule has 1 aromatic rings. The summed E-state index contributed by atoms with van der Waals surface area (Å²) < 4.78 is 0. The van der Waals surface area contributed by atoms with E-state index >= 15 is 0 Å². The summed E-state index contributed by atoms with van der Waals surface area (Å²) >= 11 is 5.48. The van der Waals surface area contributed by atoms with Gasteiger partial charge in [0.1, 0.15) is 6.04 Å². The van der Waals surface area contributed by atoms with Gasteiger partial charge < -0.3 is 5.32 Å². The van der Waals surface area contributed by atoms with Crippen molar-refractivity contribution in [2.24, 2.45) is 0 Å². The number of benzene rings is 1. The van der Waals surface area contributed by atoms with Crippen molar-refractivity contribution in [1.82, 2.24) is 4.84 Å². The zero-order valence-corrected chi connectivity index (χ0v) is 8.56. The maximum atomic E-state index is 11.4. The van der Waals surface area contributed by atoms with Crippen LogP contribution in [-0.4, -0.2) is 11.9 Å². The first-order valence-electron chi connectivity index (χ1n) is 4.48. The molecule has 1 unspecified atom stereocenters. The molecule has 0 radical (unpaired) electrons. The highest BCUT2D eigenvalue weighted by Gasteiger charge is 2.25. The monoisotopic (exact) mass is 210 g/mol. The van der Waals surface area contributed by atoms with Gasteiger partial charge >= 0.3 is 0 Å². The van der Waals surface area contributed by atoms with Crippen molar-refractivity contribution in [2.45, 2.75) is 19.4 Å². The quantitative estimate of drug-likeness (QED) is 0.692. The Bertz CT molecular complexity index is 378. The van der Waals surface area contributed by atoms with Crippen molar-refractivity contribution in [1.29, 1.82) is 0 Å². The number of hydrogen-bond donors (Lipinski definition) is 2. The second-order valence-corrected chi connectivity index (χ2v) is 3.67. The molecule has 0 bridgehead atoms. The van der Waals surface area contributed by atoms with Crippen LogP contribution in [0.2, 0.25) is 0 Å². The molecule has 0 aliphatic carbocycles. The number of aryl methyl sites for hydroxylation is 1. The van der Waals surface area contributed by atoms with E-state index in [-0.39, 0.29) is 11.9 Å². The van der Waals surface area contributed by atoms with Crippen LogP contribution >= 0.6 is 11.8 Å². The van der Waals surface area contributed by atoms with Gasteiger partial charge in [0.2, 0.25) is 5.91 Å². The van der Waals surface area contributed by atoms with Crippen LogP contribution in [0.15, 0.2) is 18.2 Å². The van der Waals surface area contributed by atoms with Crippen LogP contribution < -0.4 is 10.2 Å². The van der Waals surface area contributed by atoms with E-state index in [2.05, 4.69) is 10.2 Å². The van der Waals surface area contributed by atoms with Gasteiger partial charge in [-0.05, 0) is 35.9 Å². The lowest BCUT2D eigenvalue weighted by molar-refractivity contribution is -0.118. The van der Waals surface area contributed by atoms with E-state index in [0.717, 1.165) is 11.3 Å². The molecule has 2 N–H and O–H groups in total. The highest BCUT2D eigenvalue weighted by atomic mass is 35.5. The van der Waals surface area contributed by atoms with Crippen LogP contribution in [0.4, 0.5) is 5.69 Å². The smallest absolute Gasteiger partial charge is 0.243 e. The van der Waals surface area contributed by atoms with Gasteiger partial charge in [0, 0.05) is 12.1 Å². The lowest BCUT2D eigenvalue weighted by Gasteiger charge is -2.24. The summed E-state index contributed by atoms with van der Waals surface area (Å²) in [5.74, 6) is -0.0712. The summed E-state index contributed by atoms with van der Waals surface area (Å²) in [4.78, 5) is 13.9. The largest absolute Gasteiger partial charge is 0.324 e. The van der Waals surface area contributed by atoms with Gasteiger partial charge in [-0.25, -0.2) is 4.84 Å². The molecule has 14 heavy (non-hydrogen) atoms. The molecule has 0 spiro atoms. The van der Waals surface area contributed by atoms with E-state index < -0.39 is 0 Å². The van der Waals surface area contributed by atoms with Crippen LogP contribution in [-0.2, 0) is 11.2 Å². The van der Waals surface area contributed by atoms with Crippen LogP contribution in [0.3, 0.4) is 0 Å². The second kappa shape index (κ2) is 3.59. The predicted octanol–water partition coefficient (Wildman–Crippen LogP) is 1.60. The van der Waals surface area contributed by atoms with Crippen LogP contribution in [0, 0.1) is 6.92 Å². The number of carbonyl (C=O) groups excluding carboxylic acids is 1. The molecule has 74 valence electrons. The minimum absolute atomic E-state index is 0.0712. The molecule has 2 rings (SSSR count). The number of anilines is 1. The van der Waals surface area contributed by atoms with Crippen molar-refractivity contribution in [3.63, 3.8) is 0 Å². The zero-order valence-electron chi connectivity index (χ0n) is 7.80. The summed E-state index contributed by atoms with van der Waals surface area (Å²) in [5.41, 5.74) is 3.24. The Morgan fingerprint density at radius 2 is 2.36 bits per heavy atom. The Kier molecular flexibility index (Phi) is 2.44. The van der Waals surface area contributed by atoms with Gasteiger partial charge in [0.15, 0.2) is 0 Å². The Morgan fingerprint density at radius 3 is 3.07 bits per heavy atom. The van der Waals surface area contributed by atoms with Gasteiger partial charge in [0.25, 0.3) is 0 Å². The van der Waals surface area contributed by atoms with Gasteiger partial charge in [-0.15, -0.1) is 0 Å². The third kappa shape index (κ3) is 1.49. The Balaban J connectivity index is 2.40. The highest BCUT2D eigenvalue weighted by molar-refractivity contribution is 6.16. The molecule has 1 atom stereocenters. The molecular formula is C10H11ClN2O. The molecule has 1 aromatic carbocycles. The minimum atomic E-state index is -0.328. The first-order valence-corrected chi connectivity index (χ1v) is 4.85. The van der Waals surface area contributed by atoms with Crippen LogP contribution in [0.1, 0.15) is 11.1 Å². The van der Waals surface area contributed by atoms with E-state index in [1.54, 1.807) is 0 Å². The van der Waals surface area contributed by atoms with Crippen LogP contribution in [0.5, 0.6) is 0 Å². The normalized spacial score (nSPS) is 20.1. The molecule has 0 saturated carbocycles. The molecule has 3 nitrogen and oxygen atoms in total. The maximum absolute atomic E-state index is 11.4. The molecule has 0 aromatic heterocycles. The fourth-order valence-electron chi connectivity index (χ4n) is 1.70. The molecular weight excluding hydrogens is 200 g/mol. The molecule has 0 saturated heterocycles. The number of hydrogen-bond acceptors (Lipinski definition) is 2. The van der Waals surface area contributed by atoms with E-state index in [1.807, 2.05) is 25.1 Å². The van der Waals surface area contributed by atoms with Crippen molar-refractivity contribution in [3.05, 3.63) is 29.3 Å². The number of nitrogens with one attached hydrogen (secondary N) is 2. The fraction of sp³-hybridized carbons (Fsp3) is 0.300. The third-order valence-electron chi connectivity index (χ3n) is 2.52. The standard InChI is InChI=1S/C10H11ClN2O/c1-6-3-2-4-8-7(6)5-9(13-11)10(14)12-8/h2-4,9,13H,5H2,1H3,(H,12,14). The number of halogens is 1. The first-order chi connectivity index (χ1) is 6.72. The minimum Gasteiger partial charge on any atom is -0.324 e. The summed E-state index contributed by atoms with van der Waals surface area (Å²) in [6, 6.07) is 5.54. The zero-order chi connectivity index (χ0) is 10.1. The Labute approximate surface area is 87.6 Å². The Morgan fingerprint density at radius 1 is 1.57 bits per heavy atom. The SMILES string of the molecule is Cc1cccc2c1CC(NCl)C(=O)N2. The van der Waals surface area contributed by atoms with Gasteiger partial charge in [-0.3, -0.25) is 4.79 Å². The van der Waals surface area contributed by atoms with Gasteiger partial charge in [-0.1, -0.05) is 12.1 Å². The maximum Gasteiger partial charge on any atom is 0.243 e. The molecule has 1 aliphatic heterocycles. The molecule has 4 heteroatoms. The predicted molar refractivity (Wildman–Crippen MR) is 56.3 cm³/mol. The summed E-state index contributed by atoms with van der Waals surface area (Å²) in [5, 5.41) is 2.82. The lowest BCUT2D eigenvalue weighted by atomic mass is 9.95. The highest BCUT2D eigenvalue weighted by Crippen LogP contribution is 2.25. The number of fused-ring (bicyclic) bond motifs is 1. The third-order valence-corrected chi connectivity index (χ3v) is 2.79. The summed E-state index contributed by atoms with van der Waals surface area (Å²) in [6.45, 7) is 2.03. The van der Waals surface area contributed by atoms with Crippen molar-refractivity contribution in [2.75, 3.05) is 5.32 Å². The van der Waals surface area contributed by atoms with Gasteiger partial charge in [0.05, 0.1) is 0 Å². The summed E-state index contributed by atoms with van der Waals surface area (Å²) in [6.07, 6.45) is 0.650. The number of amides is 1. The molecule has 1 heterocycles. The topological polar surface area (TPSA) is 41.1 Å². The number of rotatable bonds is 1. The summed E-state index contributed by atoms with van der Waals surface area (Å²) in [7, 11) is 0. The van der Waals surface area contributed by atoms with E-state index in [0.29, 0.717) is 6.42 Å². The number of carbonyl (C=O) groups is 1. The average molecular weight is 211 g/mol. The first kappa shape index (κ1) is 9.49. The lowest BCUT2D eigenvalue weighted by Crippen LogP contribution is -2.41. The molecule has 0 fully saturated rings. The molecule has 1 aliphatic rings. The van der Waals surface area contributed by atoms with E-state index in [1.165, 1.54) is 5.56 Å². The van der Waals surface area contributed by atoms with E-state index in [9.17, 15) is 4.79 Å². The molecule has 1 amide bonds. The van der Waals surface area contributed by atoms with Crippen molar-refractivity contribution >= 4 is 23.4 Å². The van der Waals surface area contributed by atoms with Crippen molar-refractivity contribution < 1.29 is 4.79 Å². The van der Waals surface area contributed by atoms with E-state index in [4.69, 9.17) is 11.8 Å². The fourth-order valence-corrected chi connectivity index (χ4v) is 1.87.